The van der Waals surface area contributed by atoms with Crippen molar-refractivity contribution in [2.24, 2.45) is 5.73 Å². The third kappa shape index (κ3) is 6.27. The highest BCUT2D eigenvalue weighted by Gasteiger charge is 2.11. The van der Waals surface area contributed by atoms with Crippen molar-refractivity contribution < 1.29 is 9.59 Å². The van der Waals surface area contributed by atoms with Gasteiger partial charge in [0.2, 0.25) is 11.9 Å². The maximum atomic E-state index is 12.7. The average Bonchev–Trinajstić information content (AvgIpc) is 3.51. The monoisotopic (exact) mass is 567 g/mol. The molecular formula is C34H29N7O2. The number of hydrogen-bond acceptors (Lipinski definition) is 6. The summed E-state index contributed by atoms with van der Waals surface area (Å²) in [5, 5.41) is 13.6. The lowest BCUT2D eigenvalue weighted by Crippen LogP contribution is -2.12. The summed E-state index contributed by atoms with van der Waals surface area (Å²) in [5.74, 6) is 0.242. The second kappa shape index (κ2) is 12.0. The first kappa shape index (κ1) is 27.4. The van der Waals surface area contributed by atoms with Crippen LogP contribution in [0.2, 0.25) is 0 Å². The summed E-state index contributed by atoms with van der Waals surface area (Å²) in [6, 6.07) is 34.4. The molecule has 0 aliphatic heterocycles. The number of fused-ring (bicyclic) bond motifs is 1. The van der Waals surface area contributed by atoms with Crippen LogP contribution in [0.15, 0.2) is 115 Å². The molecule has 0 saturated carbocycles. The molecule has 0 unspecified atom stereocenters. The molecule has 6 rings (SSSR count). The number of anilines is 4. The molecule has 0 radical (unpaired) electrons. The van der Waals surface area contributed by atoms with Gasteiger partial charge in [0.1, 0.15) is 0 Å². The predicted molar refractivity (Wildman–Crippen MR) is 170 cm³/mol. The summed E-state index contributed by atoms with van der Waals surface area (Å²) in [4.78, 5) is 29.1. The van der Waals surface area contributed by atoms with E-state index in [2.05, 4.69) is 27.1 Å². The average molecular weight is 568 g/mol. The minimum absolute atomic E-state index is 0.113. The normalized spacial score (nSPS) is 10.8. The Kier molecular flexibility index (Phi) is 7.62. The van der Waals surface area contributed by atoms with Gasteiger partial charge >= 0.3 is 0 Å². The van der Waals surface area contributed by atoms with E-state index in [1.54, 1.807) is 22.8 Å². The zero-order chi connectivity index (χ0) is 29.8. The molecule has 0 fully saturated rings. The molecule has 0 atom stereocenters. The third-order valence-electron chi connectivity index (χ3n) is 6.91. The lowest BCUT2D eigenvalue weighted by molar-refractivity contribution is -0.114. The van der Waals surface area contributed by atoms with Gasteiger partial charge in [-0.1, -0.05) is 42.5 Å². The minimum atomic E-state index is -0.194. The molecule has 9 nitrogen and oxygen atoms in total. The van der Waals surface area contributed by atoms with Gasteiger partial charge in [-0.05, 0) is 83.4 Å². The number of carbonyl (C=O) groups is 2. The van der Waals surface area contributed by atoms with Crippen molar-refractivity contribution in [3.8, 4) is 22.4 Å². The maximum Gasteiger partial charge on any atom is 0.255 e. The Hall–Kier alpha value is -5.80. The SMILES string of the molecule is CC(=O)Nc1cccc(-c2cccc(-c3cc4ccnn4c(Nc4ccc(NC(=O)c5ccc(CN)cc5)cc4)n3)c2)c1. The van der Waals surface area contributed by atoms with Crippen molar-refractivity contribution >= 4 is 40.3 Å². The van der Waals surface area contributed by atoms with E-state index in [9.17, 15) is 9.59 Å². The van der Waals surface area contributed by atoms with Crippen LogP contribution in [-0.2, 0) is 11.3 Å². The molecule has 2 heterocycles. The lowest BCUT2D eigenvalue weighted by atomic mass is 10.0. The van der Waals surface area contributed by atoms with Crippen molar-refractivity contribution in [3.63, 3.8) is 0 Å². The van der Waals surface area contributed by atoms with Gasteiger partial charge < -0.3 is 21.7 Å². The molecule has 6 aromatic rings. The summed E-state index contributed by atoms with van der Waals surface area (Å²) in [5.41, 5.74) is 14.0. The van der Waals surface area contributed by atoms with Gasteiger partial charge in [0.15, 0.2) is 0 Å². The summed E-state index contributed by atoms with van der Waals surface area (Å²) in [7, 11) is 0. The molecule has 0 aliphatic rings. The van der Waals surface area contributed by atoms with E-state index in [4.69, 9.17) is 10.7 Å². The zero-order valence-corrected chi connectivity index (χ0v) is 23.4. The van der Waals surface area contributed by atoms with Crippen molar-refractivity contribution in [2.75, 3.05) is 16.0 Å². The molecule has 9 heteroatoms. The number of hydrogen-bond donors (Lipinski definition) is 4. The summed E-state index contributed by atoms with van der Waals surface area (Å²) in [6.07, 6.45) is 1.73. The third-order valence-corrected chi connectivity index (χ3v) is 6.91. The van der Waals surface area contributed by atoms with Crippen LogP contribution in [0.5, 0.6) is 0 Å². The zero-order valence-electron chi connectivity index (χ0n) is 23.4. The second-order valence-corrected chi connectivity index (χ2v) is 10.0. The van der Waals surface area contributed by atoms with Gasteiger partial charge in [0.25, 0.3) is 5.91 Å². The Bertz CT molecular complexity index is 1930. The van der Waals surface area contributed by atoms with Gasteiger partial charge in [-0.3, -0.25) is 9.59 Å². The van der Waals surface area contributed by atoms with Crippen LogP contribution in [0.4, 0.5) is 23.0 Å². The van der Waals surface area contributed by atoms with Crippen molar-refractivity contribution in [2.45, 2.75) is 13.5 Å². The predicted octanol–water partition coefficient (Wildman–Crippen LogP) is 6.48. The van der Waals surface area contributed by atoms with E-state index >= 15 is 0 Å². The highest BCUT2D eigenvalue weighted by Crippen LogP contribution is 2.29. The molecule has 0 saturated heterocycles. The highest BCUT2D eigenvalue weighted by atomic mass is 16.2. The van der Waals surface area contributed by atoms with Crippen LogP contribution in [0.3, 0.4) is 0 Å². The smallest absolute Gasteiger partial charge is 0.255 e. The van der Waals surface area contributed by atoms with Gasteiger partial charge in [0.05, 0.1) is 17.4 Å². The lowest BCUT2D eigenvalue weighted by Gasteiger charge is -2.12. The van der Waals surface area contributed by atoms with Crippen LogP contribution in [0.1, 0.15) is 22.8 Å². The van der Waals surface area contributed by atoms with Crippen LogP contribution in [0, 0.1) is 0 Å². The van der Waals surface area contributed by atoms with Crippen LogP contribution < -0.4 is 21.7 Å². The molecule has 0 aliphatic carbocycles. The molecule has 0 spiro atoms. The van der Waals surface area contributed by atoms with E-state index in [-0.39, 0.29) is 11.8 Å². The van der Waals surface area contributed by atoms with Gasteiger partial charge in [-0.15, -0.1) is 0 Å². The van der Waals surface area contributed by atoms with Crippen LogP contribution >= 0.6 is 0 Å². The van der Waals surface area contributed by atoms with Gasteiger partial charge in [-0.2, -0.15) is 5.10 Å². The Morgan fingerprint density at radius 3 is 2.19 bits per heavy atom. The second-order valence-electron chi connectivity index (χ2n) is 10.0. The number of rotatable bonds is 8. The first-order valence-corrected chi connectivity index (χ1v) is 13.8. The van der Waals surface area contributed by atoms with Gasteiger partial charge in [-0.25, -0.2) is 9.50 Å². The Morgan fingerprint density at radius 2 is 1.44 bits per heavy atom. The van der Waals surface area contributed by atoms with Gasteiger partial charge in [0, 0.05) is 41.7 Å². The van der Waals surface area contributed by atoms with Crippen LogP contribution in [0.25, 0.3) is 27.9 Å². The van der Waals surface area contributed by atoms with Crippen molar-refractivity contribution in [1.29, 1.82) is 0 Å². The Balaban J connectivity index is 1.23. The molecular weight excluding hydrogens is 538 g/mol. The fraction of sp³-hybridized carbons (Fsp3) is 0.0588. The number of nitrogens with one attached hydrogen (secondary N) is 3. The summed E-state index contributed by atoms with van der Waals surface area (Å²) >= 11 is 0. The van der Waals surface area contributed by atoms with E-state index in [0.29, 0.717) is 23.7 Å². The standard InChI is InChI=1S/C34H29N7O2/c1-22(42)37-30-7-3-5-26(19-30)25-4-2-6-27(18-25)32-20-31-16-17-36-41(31)34(40-32)39-29-14-12-28(13-15-29)38-33(43)24-10-8-23(21-35)9-11-24/h2-20H,21,35H2,1H3,(H,37,42)(H,38,43)(H,39,40). The van der Waals surface area contributed by atoms with E-state index in [1.807, 2.05) is 91.0 Å². The topological polar surface area (TPSA) is 126 Å². The van der Waals surface area contributed by atoms with E-state index in [0.717, 1.165) is 44.8 Å². The van der Waals surface area contributed by atoms with E-state index < -0.39 is 0 Å². The number of amides is 2. The summed E-state index contributed by atoms with van der Waals surface area (Å²) < 4.78 is 1.74. The Morgan fingerprint density at radius 1 is 0.744 bits per heavy atom. The number of nitrogens with zero attached hydrogens (tertiary/aromatic N) is 3. The number of aromatic nitrogens is 3. The minimum Gasteiger partial charge on any atom is -0.326 e. The molecule has 0 bridgehead atoms. The van der Waals surface area contributed by atoms with Crippen molar-refractivity contribution in [3.05, 3.63) is 127 Å². The number of nitrogens with two attached hydrogens (primary N) is 1. The molecule has 2 aromatic heterocycles. The number of carbonyl (C=O) groups excluding carboxylic acids is 2. The first-order valence-electron chi connectivity index (χ1n) is 13.8. The summed E-state index contributed by atoms with van der Waals surface area (Å²) in [6.45, 7) is 1.93. The molecule has 4 aromatic carbocycles. The molecule has 2 amide bonds. The van der Waals surface area contributed by atoms with Crippen LogP contribution in [-0.4, -0.2) is 26.4 Å². The molecule has 212 valence electrons. The molecule has 43 heavy (non-hydrogen) atoms. The fourth-order valence-electron chi connectivity index (χ4n) is 4.76. The first-order chi connectivity index (χ1) is 20.9. The largest absolute Gasteiger partial charge is 0.326 e. The fourth-order valence-corrected chi connectivity index (χ4v) is 4.76. The Labute approximate surface area is 248 Å². The maximum absolute atomic E-state index is 12.7. The molecule has 5 N–H and O–H groups in total. The van der Waals surface area contributed by atoms with Crippen molar-refractivity contribution in [1.82, 2.24) is 14.6 Å². The highest BCUT2D eigenvalue weighted by molar-refractivity contribution is 6.04. The van der Waals surface area contributed by atoms with E-state index in [1.165, 1.54) is 6.92 Å². The quantitative estimate of drug-likeness (QED) is 0.167. The number of benzene rings is 4.